The Kier molecular flexibility index (Phi) is 7.34. The maximum atomic E-state index is 10.5. The van der Waals surface area contributed by atoms with Crippen LogP contribution in [0.2, 0.25) is 0 Å². The summed E-state index contributed by atoms with van der Waals surface area (Å²) < 4.78 is 0. The van der Waals surface area contributed by atoms with Gasteiger partial charge >= 0.3 is 11.9 Å². The first-order valence-electron chi connectivity index (χ1n) is 5.21. The summed E-state index contributed by atoms with van der Waals surface area (Å²) in [5.74, 6) is -2.41. The van der Waals surface area contributed by atoms with Crippen LogP contribution in [0.25, 0.3) is 0 Å². The van der Waals surface area contributed by atoms with Gasteiger partial charge < -0.3 is 20.4 Å². The molecule has 0 bridgehead atoms. The molecule has 18 heavy (non-hydrogen) atoms. The van der Waals surface area contributed by atoms with Gasteiger partial charge in [-0.2, -0.15) is 0 Å². The Hall–Kier alpha value is -1.92. The number of aromatic carboxylic acids is 2. The molecule has 1 aromatic carbocycles. The van der Waals surface area contributed by atoms with Crippen LogP contribution in [0.5, 0.6) is 0 Å². The highest BCUT2D eigenvalue weighted by molar-refractivity contribution is 6.01. The highest BCUT2D eigenvalue weighted by Crippen LogP contribution is 2.07. The van der Waals surface area contributed by atoms with Crippen molar-refractivity contribution in [3.05, 3.63) is 35.4 Å². The molecule has 0 radical (unpaired) electrons. The lowest BCUT2D eigenvalue weighted by Crippen LogP contribution is -2.06. The number of aliphatic hydroxyl groups is 2. The fourth-order valence-electron chi connectivity index (χ4n) is 0.914. The molecule has 1 aromatic rings. The van der Waals surface area contributed by atoms with Crippen molar-refractivity contribution in [3.63, 3.8) is 0 Å². The average molecular weight is 256 g/mol. The third-order valence-electron chi connectivity index (χ3n) is 2.01. The third kappa shape index (κ3) is 5.42. The molecule has 6 heteroatoms. The van der Waals surface area contributed by atoms with E-state index in [1.54, 1.807) is 6.92 Å². The van der Waals surface area contributed by atoms with Gasteiger partial charge in [-0.05, 0) is 12.1 Å². The lowest BCUT2D eigenvalue weighted by molar-refractivity contribution is 0.0651. The molecular weight excluding hydrogens is 240 g/mol. The van der Waals surface area contributed by atoms with E-state index in [1.165, 1.54) is 24.3 Å². The van der Waals surface area contributed by atoms with Crippen LogP contribution in [0.1, 0.15) is 27.6 Å². The van der Waals surface area contributed by atoms with E-state index in [2.05, 4.69) is 0 Å². The molecule has 0 heterocycles. The first kappa shape index (κ1) is 16.1. The van der Waals surface area contributed by atoms with Crippen LogP contribution in [-0.4, -0.2) is 45.6 Å². The van der Waals surface area contributed by atoms with Gasteiger partial charge in [-0.25, -0.2) is 9.59 Å². The Morgan fingerprint density at radius 3 is 1.50 bits per heavy atom. The Labute approximate surface area is 104 Å². The van der Waals surface area contributed by atoms with Gasteiger partial charge in [-0.3, -0.25) is 0 Å². The minimum Gasteiger partial charge on any atom is -0.478 e. The van der Waals surface area contributed by atoms with Crippen molar-refractivity contribution in [2.45, 2.75) is 6.92 Å². The quantitative estimate of drug-likeness (QED) is 0.630. The van der Waals surface area contributed by atoms with Crippen LogP contribution < -0.4 is 0 Å². The van der Waals surface area contributed by atoms with E-state index < -0.39 is 11.9 Å². The smallest absolute Gasteiger partial charge is 0.336 e. The summed E-state index contributed by atoms with van der Waals surface area (Å²) in [4.78, 5) is 20.9. The SMILES string of the molecule is CC(CO)CO.O=C(O)c1ccccc1C(=O)O. The van der Waals surface area contributed by atoms with Crippen LogP contribution in [0.3, 0.4) is 0 Å². The highest BCUT2D eigenvalue weighted by atomic mass is 16.4. The second-order valence-electron chi connectivity index (χ2n) is 3.63. The summed E-state index contributed by atoms with van der Waals surface area (Å²) in [5.41, 5.74) is -0.380. The molecular formula is C12H16O6. The lowest BCUT2D eigenvalue weighted by atomic mass is 10.1. The van der Waals surface area contributed by atoms with Crippen LogP contribution in [0.15, 0.2) is 24.3 Å². The summed E-state index contributed by atoms with van der Waals surface area (Å²) in [5, 5.41) is 33.5. The lowest BCUT2D eigenvalue weighted by Gasteiger charge is -1.98. The van der Waals surface area contributed by atoms with Crippen LogP contribution in [0, 0.1) is 5.92 Å². The Bertz CT molecular complexity index is 364. The van der Waals surface area contributed by atoms with Gasteiger partial charge in [0.15, 0.2) is 0 Å². The number of carboxylic acid groups (broad SMARTS) is 2. The molecule has 0 atom stereocenters. The van der Waals surface area contributed by atoms with Crippen molar-refractivity contribution in [2.75, 3.05) is 13.2 Å². The molecule has 1 rings (SSSR count). The minimum absolute atomic E-state index is 0.0463. The van der Waals surface area contributed by atoms with E-state index in [4.69, 9.17) is 20.4 Å². The summed E-state index contributed by atoms with van der Waals surface area (Å²) >= 11 is 0. The number of hydrogen-bond acceptors (Lipinski definition) is 4. The zero-order valence-electron chi connectivity index (χ0n) is 9.91. The minimum atomic E-state index is -1.23. The predicted molar refractivity (Wildman–Crippen MR) is 63.7 cm³/mol. The topological polar surface area (TPSA) is 115 Å². The molecule has 0 saturated heterocycles. The van der Waals surface area contributed by atoms with Gasteiger partial charge in [0.05, 0.1) is 11.1 Å². The van der Waals surface area contributed by atoms with Crippen molar-refractivity contribution >= 4 is 11.9 Å². The number of carboxylic acids is 2. The summed E-state index contributed by atoms with van der Waals surface area (Å²) in [6, 6.07) is 5.48. The molecule has 0 amide bonds. The number of carbonyl (C=O) groups is 2. The number of hydrogen-bond donors (Lipinski definition) is 4. The molecule has 100 valence electrons. The summed E-state index contributed by atoms with van der Waals surface area (Å²) in [6.45, 7) is 1.94. The van der Waals surface area contributed by atoms with Gasteiger partial charge in [0.2, 0.25) is 0 Å². The third-order valence-corrected chi connectivity index (χ3v) is 2.01. The van der Waals surface area contributed by atoms with Crippen molar-refractivity contribution in [2.24, 2.45) is 5.92 Å². The van der Waals surface area contributed by atoms with Crippen molar-refractivity contribution in [1.29, 1.82) is 0 Å². The second kappa shape index (κ2) is 8.21. The zero-order chi connectivity index (χ0) is 14.1. The molecule has 0 aliphatic rings. The van der Waals surface area contributed by atoms with Gasteiger partial charge in [-0.15, -0.1) is 0 Å². The standard InChI is InChI=1S/C8H6O4.C4H10O2/c9-7(10)5-3-1-2-4-6(5)8(11)12;1-4(2-5)3-6/h1-4H,(H,9,10)(H,11,12);4-6H,2-3H2,1H3. The molecule has 0 aromatic heterocycles. The highest BCUT2D eigenvalue weighted by Gasteiger charge is 2.13. The Morgan fingerprint density at radius 2 is 1.33 bits per heavy atom. The molecule has 0 aliphatic carbocycles. The monoisotopic (exact) mass is 256 g/mol. The fraction of sp³-hybridized carbons (Fsp3) is 0.333. The maximum absolute atomic E-state index is 10.5. The normalized spacial score (nSPS) is 9.56. The fourth-order valence-corrected chi connectivity index (χ4v) is 0.914. The van der Waals surface area contributed by atoms with Gasteiger partial charge in [0.25, 0.3) is 0 Å². The number of aliphatic hydroxyl groups excluding tert-OH is 2. The zero-order valence-corrected chi connectivity index (χ0v) is 9.91. The largest absolute Gasteiger partial charge is 0.478 e. The summed E-state index contributed by atoms with van der Waals surface area (Å²) in [7, 11) is 0. The molecule has 0 aliphatic heterocycles. The Morgan fingerprint density at radius 1 is 1.00 bits per heavy atom. The van der Waals surface area contributed by atoms with E-state index >= 15 is 0 Å². The van der Waals surface area contributed by atoms with Crippen molar-refractivity contribution in [1.82, 2.24) is 0 Å². The van der Waals surface area contributed by atoms with Gasteiger partial charge in [0.1, 0.15) is 0 Å². The maximum Gasteiger partial charge on any atom is 0.336 e. The van der Waals surface area contributed by atoms with E-state index in [0.717, 1.165) is 0 Å². The molecule has 6 nitrogen and oxygen atoms in total. The van der Waals surface area contributed by atoms with Gasteiger partial charge in [0, 0.05) is 19.1 Å². The molecule has 0 unspecified atom stereocenters. The van der Waals surface area contributed by atoms with Crippen LogP contribution >= 0.6 is 0 Å². The predicted octanol–water partition coefficient (Wildman–Crippen LogP) is 0.690. The van der Waals surface area contributed by atoms with E-state index in [9.17, 15) is 9.59 Å². The molecule has 0 fully saturated rings. The average Bonchev–Trinajstić information content (AvgIpc) is 2.38. The first-order chi connectivity index (χ1) is 8.43. The molecule has 0 saturated carbocycles. The van der Waals surface area contributed by atoms with Gasteiger partial charge in [-0.1, -0.05) is 19.1 Å². The summed E-state index contributed by atoms with van der Waals surface area (Å²) in [6.07, 6.45) is 0. The first-order valence-corrected chi connectivity index (χ1v) is 5.21. The van der Waals surface area contributed by atoms with E-state index in [1.807, 2.05) is 0 Å². The van der Waals surface area contributed by atoms with Crippen molar-refractivity contribution < 1.29 is 30.0 Å². The van der Waals surface area contributed by atoms with E-state index in [-0.39, 0.29) is 30.3 Å². The number of benzene rings is 1. The van der Waals surface area contributed by atoms with Crippen molar-refractivity contribution in [3.8, 4) is 0 Å². The Balaban J connectivity index is 0.000000411. The van der Waals surface area contributed by atoms with E-state index in [0.29, 0.717) is 0 Å². The molecule has 0 spiro atoms. The second-order valence-corrected chi connectivity index (χ2v) is 3.63. The molecule has 4 N–H and O–H groups in total. The van der Waals surface area contributed by atoms with Crippen LogP contribution in [0.4, 0.5) is 0 Å². The number of rotatable bonds is 4. The van der Waals surface area contributed by atoms with Crippen LogP contribution in [-0.2, 0) is 0 Å².